The number of morpholine rings is 1. The minimum absolute atomic E-state index is 0.0218. The Kier molecular flexibility index (Phi) is 17.9. The molecule has 1 aliphatic rings. The van der Waals surface area contributed by atoms with E-state index >= 15 is 0 Å². The molecule has 0 aromatic heterocycles. The van der Waals surface area contributed by atoms with Crippen molar-refractivity contribution in [3.05, 3.63) is 29.8 Å². The summed E-state index contributed by atoms with van der Waals surface area (Å²) in [6.45, 7) is 6.57. The molecule has 1 heterocycles. The Morgan fingerprint density at radius 1 is 0.850 bits per heavy atom. The lowest BCUT2D eigenvalue weighted by Gasteiger charge is -2.45. The molecule has 0 radical (unpaired) electrons. The molecule has 0 amide bonds. The van der Waals surface area contributed by atoms with E-state index in [1.54, 1.807) is 12.1 Å². The Balaban J connectivity index is 1.49. The van der Waals surface area contributed by atoms with Crippen molar-refractivity contribution in [2.24, 2.45) is 0 Å². The van der Waals surface area contributed by atoms with Gasteiger partial charge in [0.05, 0.1) is 26.8 Å². The first-order chi connectivity index (χ1) is 19.5. The zero-order valence-electron chi connectivity index (χ0n) is 25.7. The van der Waals surface area contributed by atoms with E-state index in [0.717, 1.165) is 39.0 Å². The third-order valence-corrected chi connectivity index (χ3v) is 8.72. The van der Waals surface area contributed by atoms with Gasteiger partial charge in [0.15, 0.2) is 0 Å². The van der Waals surface area contributed by atoms with Gasteiger partial charge in [0.2, 0.25) is 0 Å². The fraction of sp³-hybridized carbons (Fsp3) is 0.765. The Labute approximate surface area is 244 Å². The summed E-state index contributed by atoms with van der Waals surface area (Å²) >= 11 is 0. The van der Waals surface area contributed by atoms with Crippen molar-refractivity contribution in [3.8, 4) is 5.75 Å². The highest BCUT2D eigenvalue weighted by molar-refractivity contribution is 5.91. The summed E-state index contributed by atoms with van der Waals surface area (Å²) in [7, 11) is 2.46. The average molecular weight is 561 g/mol. The van der Waals surface area contributed by atoms with Crippen molar-refractivity contribution in [3.63, 3.8) is 0 Å². The first-order valence-electron chi connectivity index (χ1n) is 16.4. The highest BCUT2D eigenvalue weighted by atomic mass is 16.5. The maximum Gasteiger partial charge on any atom is 0.339 e. The Morgan fingerprint density at radius 3 is 2.08 bits per heavy atom. The number of carboxylic acids is 1. The molecule has 6 heteroatoms. The number of benzene rings is 1. The molecule has 1 aliphatic heterocycles. The van der Waals surface area contributed by atoms with Gasteiger partial charge in [-0.3, -0.25) is 4.79 Å². The maximum absolute atomic E-state index is 12.1. The van der Waals surface area contributed by atoms with Gasteiger partial charge in [-0.05, 0) is 37.8 Å². The smallest absolute Gasteiger partial charge is 0.339 e. The largest absolute Gasteiger partial charge is 0.478 e. The number of aromatic carboxylic acids is 1. The number of unbranched alkanes of at least 4 members (excludes halogenated alkanes) is 15. The van der Waals surface area contributed by atoms with Crippen LogP contribution in [0.25, 0.3) is 0 Å². The molecule has 40 heavy (non-hydrogen) atoms. The van der Waals surface area contributed by atoms with E-state index < -0.39 is 5.97 Å². The van der Waals surface area contributed by atoms with E-state index in [4.69, 9.17) is 9.47 Å². The highest BCUT2D eigenvalue weighted by Crippen LogP contribution is 2.24. The SMILES string of the molecule is CCCCCCCCCCCC[N+]1(C)CCOCC1CCCCCCCCCC(=O)Oc1ccccc1C(=O)O. The second kappa shape index (κ2) is 20.9. The molecule has 6 nitrogen and oxygen atoms in total. The summed E-state index contributed by atoms with van der Waals surface area (Å²) in [5.74, 6) is -1.32. The third-order valence-electron chi connectivity index (χ3n) is 8.72. The molecular weight excluding hydrogens is 502 g/mol. The number of quaternary nitrogens is 1. The van der Waals surface area contributed by atoms with Crippen molar-refractivity contribution < 1.29 is 28.7 Å². The predicted molar refractivity (Wildman–Crippen MR) is 163 cm³/mol. The summed E-state index contributed by atoms with van der Waals surface area (Å²) in [6.07, 6.45) is 23.4. The molecule has 0 saturated carbocycles. The van der Waals surface area contributed by atoms with Crippen LogP contribution < -0.4 is 4.74 Å². The van der Waals surface area contributed by atoms with Gasteiger partial charge < -0.3 is 19.1 Å². The second-order valence-electron chi connectivity index (χ2n) is 12.1. The molecule has 2 rings (SSSR count). The standard InChI is InChI=1S/C34H57NO5/c1-3-4-5-6-7-8-9-13-16-21-26-35(2)27-28-39-29-30(35)22-17-14-11-10-12-15-18-25-33(36)40-32-24-20-19-23-31(32)34(37)38/h19-20,23-24,30H,3-18,21-22,25-29H2,1-2H3/p+1. The first-order valence-corrected chi connectivity index (χ1v) is 16.4. The molecule has 0 aliphatic carbocycles. The summed E-state index contributed by atoms with van der Waals surface area (Å²) in [6, 6.07) is 6.92. The van der Waals surface area contributed by atoms with E-state index in [1.165, 1.54) is 119 Å². The molecule has 2 unspecified atom stereocenters. The number of carbonyl (C=O) groups is 2. The predicted octanol–water partition coefficient (Wildman–Crippen LogP) is 8.57. The van der Waals surface area contributed by atoms with Crippen LogP contribution in [-0.2, 0) is 9.53 Å². The fourth-order valence-electron chi connectivity index (χ4n) is 5.94. The monoisotopic (exact) mass is 560 g/mol. The Bertz CT molecular complexity index is 828. The quantitative estimate of drug-likeness (QED) is 0.0628. The normalized spacial score (nSPS) is 19.0. The zero-order chi connectivity index (χ0) is 28.9. The molecule has 1 fully saturated rings. The van der Waals surface area contributed by atoms with Crippen LogP contribution in [0.4, 0.5) is 0 Å². The lowest BCUT2D eigenvalue weighted by atomic mass is 10.0. The minimum atomic E-state index is -1.09. The van der Waals surface area contributed by atoms with Crippen molar-refractivity contribution in [1.82, 2.24) is 0 Å². The van der Waals surface area contributed by atoms with E-state index in [2.05, 4.69) is 14.0 Å². The number of nitrogens with zero attached hydrogens (tertiary/aromatic N) is 1. The van der Waals surface area contributed by atoms with Crippen LogP contribution in [0.2, 0.25) is 0 Å². The van der Waals surface area contributed by atoms with Crippen molar-refractivity contribution in [1.29, 1.82) is 0 Å². The highest BCUT2D eigenvalue weighted by Gasteiger charge is 2.35. The van der Waals surface area contributed by atoms with Crippen molar-refractivity contribution in [2.75, 3.05) is 33.4 Å². The molecule has 0 spiro atoms. The third kappa shape index (κ3) is 14.1. The number of ether oxygens (including phenoxy) is 2. The second-order valence-corrected chi connectivity index (χ2v) is 12.1. The summed E-state index contributed by atoms with van der Waals surface area (Å²) in [5.41, 5.74) is 0.0218. The summed E-state index contributed by atoms with van der Waals surface area (Å²) in [5, 5.41) is 9.21. The molecule has 1 saturated heterocycles. The van der Waals surface area contributed by atoms with E-state index in [9.17, 15) is 14.7 Å². The van der Waals surface area contributed by atoms with Gasteiger partial charge in [-0.2, -0.15) is 0 Å². The molecule has 228 valence electrons. The average Bonchev–Trinajstić information content (AvgIpc) is 2.94. The molecule has 1 N–H and O–H groups in total. The summed E-state index contributed by atoms with van der Waals surface area (Å²) in [4.78, 5) is 23.3. The Morgan fingerprint density at radius 2 is 1.43 bits per heavy atom. The van der Waals surface area contributed by atoms with Crippen LogP contribution in [0, 0.1) is 0 Å². The van der Waals surface area contributed by atoms with Crippen LogP contribution in [-0.4, -0.2) is 60.9 Å². The maximum atomic E-state index is 12.1. The number of para-hydroxylation sites is 1. The van der Waals surface area contributed by atoms with Gasteiger partial charge in [0.1, 0.15) is 23.9 Å². The number of rotatable bonds is 23. The van der Waals surface area contributed by atoms with Gasteiger partial charge in [-0.25, -0.2) is 4.79 Å². The number of likely N-dealkylation sites (N-methyl/N-ethyl adjacent to an activating group) is 1. The molecule has 1 aromatic rings. The molecule has 0 bridgehead atoms. The van der Waals surface area contributed by atoms with E-state index in [0.29, 0.717) is 12.5 Å². The first kappa shape index (κ1) is 34.3. The van der Waals surface area contributed by atoms with E-state index in [-0.39, 0.29) is 17.3 Å². The van der Waals surface area contributed by atoms with Gasteiger partial charge in [0.25, 0.3) is 0 Å². The lowest BCUT2D eigenvalue weighted by molar-refractivity contribution is -0.941. The zero-order valence-corrected chi connectivity index (χ0v) is 25.7. The number of carbonyl (C=O) groups excluding carboxylic acids is 1. The molecule has 2 atom stereocenters. The van der Waals surface area contributed by atoms with Crippen LogP contribution in [0.5, 0.6) is 5.75 Å². The number of esters is 1. The molecular formula is C34H58NO5+. The fourth-order valence-corrected chi connectivity index (χ4v) is 5.94. The van der Waals surface area contributed by atoms with Crippen molar-refractivity contribution in [2.45, 2.75) is 135 Å². The van der Waals surface area contributed by atoms with Crippen LogP contribution in [0.15, 0.2) is 24.3 Å². The van der Waals surface area contributed by atoms with E-state index in [1.807, 2.05) is 0 Å². The minimum Gasteiger partial charge on any atom is -0.478 e. The van der Waals surface area contributed by atoms with Gasteiger partial charge in [-0.15, -0.1) is 0 Å². The Hall–Kier alpha value is -1.92. The summed E-state index contributed by atoms with van der Waals surface area (Å²) < 4.78 is 12.4. The van der Waals surface area contributed by atoms with Gasteiger partial charge >= 0.3 is 11.9 Å². The van der Waals surface area contributed by atoms with Gasteiger partial charge in [0, 0.05) is 12.8 Å². The van der Waals surface area contributed by atoms with Crippen molar-refractivity contribution >= 4 is 11.9 Å². The topological polar surface area (TPSA) is 72.8 Å². The van der Waals surface area contributed by atoms with Crippen LogP contribution >= 0.6 is 0 Å². The van der Waals surface area contributed by atoms with Crippen LogP contribution in [0.3, 0.4) is 0 Å². The lowest BCUT2D eigenvalue weighted by Crippen LogP contribution is -2.59. The number of carboxylic acid groups (broad SMARTS) is 1. The molecule has 1 aromatic carbocycles. The number of hydrogen-bond acceptors (Lipinski definition) is 4. The van der Waals surface area contributed by atoms with Gasteiger partial charge in [-0.1, -0.05) is 103 Å². The number of hydrogen-bond donors (Lipinski definition) is 1. The van der Waals surface area contributed by atoms with Crippen LogP contribution in [0.1, 0.15) is 139 Å².